The van der Waals surface area contributed by atoms with Gasteiger partial charge in [-0.25, -0.2) is 0 Å². The van der Waals surface area contributed by atoms with Crippen molar-refractivity contribution in [3.63, 3.8) is 0 Å². The highest BCUT2D eigenvalue weighted by molar-refractivity contribution is 5.25. The van der Waals surface area contributed by atoms with Crippen molar-refractivity contribution in [1.82, 2.24) is 4.98 Å². The predicted octanol–water partition coefficient (Wildman–Crippen LogP) is 2.47. The molecule has 0 saturated heterocycles. The molecule has 2 aliphatic rings. The Morgan fingerprint density at radius 2 is 2.07 bits per heavy atom. The average Bonchev–Trinajstić information content (AvgIpc) is 2.86. The van der Waals surface area contributed by atoms with Gasteiger partial charge in [0, 0.05) is 18.0 Å². The third-order valence-corrected chi connectivity index (χ3v) is 4.12. The summed E-state index contributed by atoms with van der Waals surface area (Å²) in [6.07, 6.45) is 7.18. The van der Waals surface area contributed by atoms with Crippen LogP contribution < -0.4 is 0 Å². The highest BCUT2D eigenvalue weighted by Gasteiger charge is 2.47. The lowest BCUT2D eigenvalue weighted by Crippen LogP contribution is -2.12. The molecule has 1 aromatic heterocycles. The highest BCUT2D eigenvalue weighted by Crippen LogP contribution is 2.57. The van der Waals surface area contributed by atoms with Crippen LogP contribution >= 0.6 is 0 Å². The van der Waals surface area contributed by atoms with Gasteiger partial charge in [0.1, 0.15) is 0 Å². The van der Waals surface area contributed by atoms with Gasteiger partial charge in [0.15, 0.2) is 0 Å². The van der Waals surface area contributed by atoms with Gasteiger partial charge >= 0.3 is 0 Å². The molecule has 3 atom stereocenters. The Bertz CT molecular complexity index is 367. The van der Waals surface area contributed by atoms with E-state index in [0.29, 0.717) is 5.92 Å². The molecule has 2 fully saturated rings. The second-order valence-corrected chi connectivity index (χ2v) is 5.16. The molecular weight excluding hydrogens is 186 g/mol. The van der Waals surface area contributed by atoms with Crippen LogP contribution in [-0.4, -0.2) is 10.1 Å². The quantitative estimate of drug-likeness (QED) is 0.801. The lowest BCUT2D eigenvalue weighted by molar-refractivity contribution is 0.103. The van der Waals surface area contributed by atoms with Crippen LogP contribution in [0.4, 0.5) is 0 Å². The molecule has 0 spiro atoms. The van der Waals surface area contributed by atoms with Crippen LogP contribution in [0.3, 0.4) is 0 Å². The summed E-state index contributed by atoms with van der Waals surface area (Å²) in [5.74, 6) is 2.35. The van der Waals surface area contributed by atoms with Crippen molar-refractivity contribution < 1.29 is 5.11 Å². The molecule has 1 N–H and O–H groups in total. The Labute approximate surface area is 90.4 Å². The molecule has 0 aromatic carbocycles. The first-order chi connectivity index (χ1) is 7.25. The van der Waals surface area contributed by atoms with Crippen molar-refractivity contribution in [2.24, 2.45) is 17.8 Å². The molecule has 0 amide bonds. The minimum atomic E-state index is -0.286. The molecular formula is C13H17NO. The summed E-state index contributed by atoms with van der Waals surface area (Å²) in [5.41, 5.74) is 2.20. The fourth-order valence-corrected chi connectivity index (χ4v) is 3.06. The predicted molar refractivity (Wildman–Crippen MR) is 58.3 cm³/mol. The zero-order valence-corrected chi connectivity index (χ0v) is 9.06. The van der Waals surface area contributed by atoms with Gasteiger partial charge in [-0.1, -0.05) is 0 Å². The van der Waals surface area contributed by atoms with Crippen LogP contribution in [0.2, 0.25) is 0 Å². The number of hydrogen-bond acceptors (Lipinski definition) is 2. The van der Waals surface area contributed by atoms with Crippen LogP contribution in [-0.2, 0) is 0 Å². The number of fused-ring (bicyclic) bond motifs is 1. The monoisotopic (exact) mass is 203 g/mol. The summed E-state index contributed by atoms with van der Waals surface area (Å²) in [5, 5.41) is 10.3. The van der Waals surface area contributed by atoms with Gasteiger partial charge in [-0.15, -0.1) is 0 Å². The molecule has 2 heteroatoms. The van der Waals surface area contributed by atoms with Crippen LogP contribution in [0.25, 0.3) is 0 Å². The van der Waals surface area contributed by atoms with Gasteiger partial charge < -0.3 is 5.11 Å². The molecule has 2 saturated carbocycles. The van der Waals surface area contributed by atoms with E-state index in [2.05, 4.69) is 11.9 Å². The number of nitrogens with zero attached hydrogens (tertiary/aromatic N) is 1. The van der Waals surface area contributed by atoms with Crippen molar-refractivity contribution in [2.75, 3.05) is 0 Å². The highest BCUT2D eigenvalue weighted by atomic mass is 16.3. The molecule has 80 valence electrons. The van der Waals surface area contributed by atoms with E-state index in [-0.39, 0.29) is 6.10 Å². The molecule has 1 aromatic rings. The minimum absolute atomic E-state index is 0.286. The van der Waals surface area contributed by atoms with Gasteiger partial charge in [0.25, 0.3) is 0 Å². The number of aliphatic hydroxyl groups excluding tert-OH is 1. The molecule has 3 rings (SSSR count). The van der Waals surface area contributed by atoms with E-state index in [9.17, 15) is 5.11 Å². The van der Waals surface area contributed by atoms with E-state index < -0.39 is 0 Å². The molecule has 0 aliphatic heterocycles. The molecule has 2 aliphatic carbocycles. The van der Waals surface area contributed by atoms with E-state index in [4.69, 9.17) is 0 Å². The Kier molecular flexibility index (Phi) is 2.06. The zero-order chi connectivity index (χ0) is 10.4. The van der Waals surface area contributed by atoms with Gasteiger partial charge in [0.05, 0.1) is 6.10 Å². The number of pyridine rings is 1. The van der Waals surface area contributed by atoms with Crippen molar-refractivity contribution in [3.05, 3.63) is 29.6 Å². The summed E-state index contributed by atoms with van der Waals surface area (Å²) in [4.78, 5) is 4.11. The number of hydrogen-bond donors (Lipinski definition) is 1. The van der Waals surface area contributed by atoms with Crippen molar-refractivity contribution >= 4 is 0 Å². The van der Waals surface area contributed by atoms with Crippen LogP contribution in [0, 0.1) is 24.7 Å². The first kappa shape index (κ1) is 9.34. The first-order valence-corrected chi connectivity index (χ1v) is 5.84. The maximum absolute atomic E-state index is 10.3. The standard InChI is InChI=1S/C13H17NO/c1-8-2-3-14-7-12(8)13(15)11-5-9-4-10(9)6-11/h2-3,7,9-11,13,15H,4-6H2,1H3. The fourth-order valence-electron chi connectivity index (χ4n) is 3.06. The zero-order valence-electron chi connectivity index (χ0n) is 9.06. The average molecular weight is 203 g/mol. The lowest BCUT2D eigenvalue weighted by Gasteiger charge is -2.20. The lowest BCUT2D eigenvalue weighted by atomic mass is 9.90. The van der Waals surface area contributed by atoms with E-state index in [1.807, 2.05) is 12.3 Å². The molecule has 0 bridgehead atoms. The number of aromatic nitrogens is 1. The van der Waals surface area contributed by atoms with Crippen molar-refractivity contribution in [3.8, 4) is 0 Å². The Morgan fingerprint density at radius 3 is 2.73 bits per heavy atom. The van der Waals surface area contributed by atoms with Crippen LogP contribution in [0.15, 0.2) is 18.5 Å². The largest absolute Gasteiger partial charge is 0.388 e. The molecule has 15 heavy (non-hydrogen) atoms. The second-order valence-electron chi connectivity index (χ2n) is 5.16. The van der Waals surface area contributed by atoms with Crippen LogP contribution in [0.5, 0.6) is 0 Å². The van der Waals surface area contributed by atoms with Gasteiger partial charge in [-0.2, -0.15) is 0 Å². The van der Waals surface area contributed by atoms with Crippen molar-refractivity contribution in [1.29, 1.82) is 0 Å². The first-order valence-electron chi connectivity index (χ1n) is 5.84. The fraction of sp³-hybridized carbons (Fsp3) is 0.615. The third-order valence-electron chi connectivity index (χ3n) is 4.12. The third kappa shape index (κ3) is 1.57. The summed E-state index contributed by atoms with van der Waals surface area (Å²) in [7, 11) is 0. The SMILES string of the molecule is Cc1ccncc1C(O)C1CC2CC2C1. The Morgan fingerprint density at radius 1 is 1.33 bits per heavy atom. The summed E-state index contributed by atoms with van der Waals surface area (Å²) >= 11 is 0. The summed E-state index contributed by atoms with van der Waals surface area (Å²) in [6, 6.07) is 1.98. The number of aliphatic hydroxyl groups is 1. The normalized spacial score (nSPS) is 34.9. The number of aryl methyl sites for hydroxylation is 1. The number of rotatable bonds is 2. The topological polar surface area (TPSA) is 33.1 Å². The smallest absolute Gasteiger partial charge is 0.0835 e. The van der Waals surface area contributed by atoms with Gasteiger partial charge in [0.2, 0.25) is 0 Å². The van der Waals surface area contributed by atoms with Crippen LogP contribution in [0.1, 0.15) is 36.5 Å². The van der Waals surface area contributed by atoms with Gasteiger partial charge in [-0.05, 0) is 55.6 Å². The Balaban J connectivity index is 1.79. The maximum atomic E-state index is 10.3. The minimum Gasteiger partial charge on any atom is -0.388 e. The van der Waals surface area contributed by atoms with Crippen molar-refractivity contribution in [2.45, 2.75) is 32.3 Å². The molecule has 1 heterocycles. The molecule has 0 radical (unpaired) electrons. The maximum Gasteiger partial charge on any atom is 0.0835 e. The molecule has 2 nitrogen and oxygen atoms in total. The summed E-state index contributed by atoms with van der Waals surface area (Å²) < 4.78 is 0. The second kappa shape index (κ2) is 3.31. The molecule has 3 unspecified atom stereocenters. The van der Waals surface area contributed by atoms with E-state index >= 15 is 0 Å². The van der Waals surface area contributed by atoms with E-state index in [0.717, 1.165) is 23.0 Å². The van der Waals surface area contributed by atoms with E-state index in [1.165, 1.54) is 19.3 Å². The van der Waals surface area contributed by atoms with E-state index in [1.54, 1.807) is 6.20 Å². The van der Waals surface area contributed by atoms with Gasteiger partial charge in [-0.3, -0.25) is 4.98 Å². The Hall–Kier alpha value is -0.890. The summed E-state index contributed by atoms with van der Waals surface area (Å²) in [6.45, 7) is 2.05.